The molecule has 3 heterocycles. The molecule has 0 unspecified atom stereocenters. The number of hydrogen-bond donors (Lipinski definition) is 4. The number of nitrogens with two attached hydrogens (primary N) is 1. The van der Waals surface area contributed by atoms with Gasteiger partial charge in [-0.15, -0.1) is 0 Å². The monoisotopic (exact) mass is 363 g/mol. The number of aromatic nitrogens is 2. The van der Waals surface area contributed by atoms with Gasteiger partial charge in [0.05, 0.1) is 16.6 Å². The number of hydrogen-bond acceptors (Lipinski definition) is 4. The molecular formula is C18H26ClN5O. The van der Waals surface area contributed by atoms with Crippen molar-refractivity contribution in [2.24, 2.45) is 5.73 Å². The first-order valence-electron chi connectivity index (χ1n) is 8.87. The minimum absolute atomic E-state index is 0.180. The molecule has 25 heavy (non-hydrogen) atoms. The Morgan fingerprint density at radius 1 is 1.36 bits per heavy atom. The second-order valence-electron chi connectivity index (χ2n) is 7.16. The standard InChI is InChI=1S/C13H15ClN4O.C5H11N/c1-13(3-2-4-16-13)12-17-9-6-7(14)5-8(11(15)19)10(9)18-12;1-5-3-2-4-6-5/h5-6,16H,2-4H2,1H3,(H2,15,19)(H,17,18);5-6H,2-4H2,1H3/t13-;5-/m00/s1. The largest absolute Gasteiger partial charge is 0.366 e. The average molecular weight is 364 g/mol. The average Bonchev–Trinajstić information content (AvgIpc) is 3.28. The number of primary amides is 1. The van der Waals surface area contributed by atoms with Crippen LogP contribution >= 0.6 is 11.6 Å². The van der Waals surface area contributed by atoms with Gasteiger partial charge in [-0.05, 0) is 64.8 Å². The molecule has 2 saturated heterocycles. The SMILES string of the molecule is C[C@@]1(c2nc3c(C(N)=O)cc(Cl)cc3[nH]2)CCCN1.C[C@H]1CCCN1. The highest BCUT2D eigenvalue weighted by atomic mass is 35.5. The molecule has 1 aromatic heterocycles. The number of carbonyl (C=O) groups excluding carboxylic acids is 1. The third kappa shape index (κ3) is 3.97. The van der Waals surface area contributed by atoms with Crippen molar-refractivity contribution >= 4 is 28.5 Å². The highest BCUT2D eigenvalue weighted by Crippen LogP contribution is 2.31. The van der Waals surface area contributed by atoms with Gasteiger partial charge in [0.2, 0.25) is 0 Å². The quantitative estimate of drug-likeness (QED) is 0.659. The van der Waals surface area contributed by atoms with Gasteiger partial charge in [0, 0.05) is 11.1 Å². The van der Waals surface area contributed by atoms with Crippen LogP contribution in [0.4, 0.5) is 0 Å². The minimum atomic E-state index is -0.518. The summed E-state index contributed by atoms with van der Waals surface area (Å²) in [5, 5.41) is 7.22. The molecule has 5 N–H and O–H groups in total. The van der Waals surface area contributed by atoms with Crippen molar-refractivity contribution in [2.45, 2.75) is 51.1 Å². The van der Waals surface area contributed by atoms with Crippen LogP contribution < -0.4 is 16.4 Å². The van der Waals surface area contributed by atoms with Gasteiger partial charge in [-0.25, -0.2) is 4.98 Å². The minimum Gasteiger partial charge on any atom is -0.366 e. The number of H-pyrrole nitrogens is 1. The Labute approximate surface area is 152 Å². The van der Waals surface area contributed by atoms with Crippen LogP contribution in [0.3, 0.4) is 0 Å². The highest BCUT2D eigenvalue weighted by molar-refractivity contribution is 6.32. The maximum absolute atomic E-state index is 11.5. The first kappa shape index (κ1) is 18.2. The van der Waals surface area contributed by atoms with Gasteiger partial charge in [0.15, 0.2) is 0 Å². The van der Waals surface area contributed by atoms with Gasteiger partial charge in [0.25, 0.3) is 5.91 Å². The lowest BCUT2D eigenvalue weighted by Gasteiger charge is -2.21. The van der Waals surface area contributed by atoms with Crippen LogP contribution in [-0.4, -0.2) is 35.0 Å². The van der Waals surface area contributed by atoms with Crippen LogP contribution in [0.5, 0.6) is 0 Å². The van der Waals surface area contributed by atoms with E-state index in [1.807, 2.05) is 0 Å². The molecule has 1 amide bonds. The number of carbonyl (C=O) groups is 1. The molecule has 2 aromatic rings. The molecule has 6 nitrogen and oxygen atoms in total. The first-order valence-corrected chi connectivity index (χ1v) is 9.25. The van der Waals surface area contributed by atoms with Crippen LogP contribution in [0.15, 0.2) is 12.1 Å². The number of benzene rings is 1. The van der Waals surface area contributed by atoms with Crippen LogP contribution in [0.2, 0.25) is 5.02 Å². The number of halogens is 1. The molecule has 7 heteroatoms. The third-order valence-electron chi connectivity index (χ3n) is 5.01. The Bertz CT molecular complexity index is 760. The number of imidazole rings is 1. The third-order valence-corrected chi connectivity index (χ3v) is 5.23. The Hall–Kier alpha value is -1.63. The predicted molar refractivity (Wildman–Crippen MR) is 101 cm³/mol. The lowest BCUT2D eigenvalue weighted by molar-refractivity contribution is 0.100. The number of nitrogens with one attached hydrogen (secondary N) is 3. The second kappa shape index (κ2) is 7.32. The Morgan fingerprint density at radius 2 is 2.16 bits per heavy atom. The summed E-state index contributed by atoms with van der Waals surface area (Å²) in [5.41, 5.74) is 6.88. The van der Waals surface area contributed by atoms with E-state index < -0.39 is 5.91 Å². The summed E-state index contributed by atoms with van der Waals surface area (Å²) < 4.78 is 0. The van der Waals surface area contributed by atoms with Gasteiger partial charge in [-0.2, -0.15) is 0 Å². The molecule has 136 valence electrons. The fourth-order valence-corrected chi connectivity index (χ4v) is 3.71. The van der Waals surface area contributed by atoms with Gasteiger partial charge >= 0.3 is 0 Å². The van der Waals surface area contributed by atoms with Gasteiger partial charge in [-0.1, -0.05) is 11.6 Å². The molecule has 0 spiro atoms. The Kier molecular flexibility index (Phi) is 5.32. The molecule has 0 saturated carbocycles. The Balaban J connectivity index is 0.000000258. The fraction of sp³-hybridized carbons (Fsp3) is 0.556. The molecule has 2 aliphatic heterocycles. The maximum Gasteiger partial charge on any atom is 0.251 e. The number of amides is 1. The van der Waals surface area contributed by atoms with Crippen molar-refractivity contribution < 1.29 is 4.79 Å². The van der Waals surface area contributed by atoms with E-state index in [-0.39, 0.29) is 5.54 Å². The Morgan fingerprint density at radius 3 is 2.68 bits per heavy atom. The van der Waals surface area contributed by atoms with Gasteiger partial charge in [0.1, 0.15) is 11.3 Å². The molecular weight excluding hydrogens is 338 g/mol. The van der Waals surface area contributed by atoms with Crippen molar-refractivity contribution in [3.8, 4) is 0 Å². The van der Waals surface area contributed by atoms with Crippen LogP contribution in [0, 0.1) is 0 Å². The van der Waals surface area contributed by atoms with E-state index in [1.54, 1.807) is 12.1 Å². The summed E-state index contributed by atoms with van der Waals surface area (Å²) in [4.78, 5) is 19.3. The van der Waals surface area contributed by atoms with E-state index in [4.69, 9.17) is 17.3 Å². The van der Waals surface area contributed by atoms with E-state index in [9.17, 15) is 4.79 Å². The normalized spacial score (nSPS) is 25.8. The molecule has 2 aliphatic rings. The number of nitrogens with zero attached hydrogens (tertiary/aromatic N) is 1. The molecule has 4 rings (SSSR count). The molecule has 0 bridgehead atoms. The van der Waals surface area contributed by atoms with E-state index in [0.29, 0.717) is 16.1 Å². The highest BCUT2D eigenvalue weighted by Gasteiger charge is 2.33. The lowest BCUT2D eigenvalue weighted by atomic mass is 10.00. The van der Waals surface area contributed by atoms with Gasteiger partial charge in [-0.3, -0.25) is 4.79 Å². The van der Waals surface area contributed by atoms with E-state index in [2.05, 4.69) is 34.4 Å². The predicted octanol–water partition coefficient (Wildman–Crippen LogP) is 2.67. The zero-order valence-electron chi connectivity index (χ0n) is 14.8. The van der Waals surface area contributed by atoms with Crippen LogP contribution in [0.25, 0.3) is 11.0 Å². The zero-order chi connectivity index (χ0) is 18.0. The summed E-state index contributed by atoms with van der Waals surface area (Å²) in [6, 6.07) is 4.12. The first-order chi connectivity index (χ1) is 11.9. The molecule has 0 radical (unpaired) electrons. The van der Waals surface area contributed by atoms with E-state index in [1.165, 1.54) is 19.4 Å². The summed E-state index contributed by atoms with van der Waals surface area (Å²) >= 11 is 6.00. The van der Waals surface area contributed by atoms with Crippen LogP contribution in [0.1, 0.15) is 55.7 Å². The second-order valence-corrected chi connectivity index (χ2v) is 7.60. The maximum atomic E-state index is 11.5. The molecule has 1 aromatic carbocycles. The van der Waals surface area contributed by atoms with Crippen molar-refractivity contribution in [3.05, 3.63) is 28.5 Å². The fourth-order valence-electron chi connectivity index (χ4n) is 3.49. The summed E-state index contributed by atoms with van der Waals surface area (Å²) in [7, 11) is 0. The number of rotatable bonds is 2. The number of aromatic amines is 1. The lowest BCUT2D eigenvalue weighted by Crippen LogP contribution is -2.34. The number of fused-ring (bicyclic) bond motifs is 1. The molecule has 2 fully saturated rings. The van der Waals surface area contributed by atoms with E-state index in [0.717, 1.165) is 36.8 Å². The van der Waals surface area contributed by atoms with Crippen molar-refractivity contribution in [1.29, 1.82) is 0 Å². The zero-order valence-corrected chi connectivity index (χ0v) is 15.5. The molecule has 2 atom stereocenters. The summed E-state index contributed by atoms with van der Waals surface area (Å²) in [6.45, 7) is 6.54. The smallest absolute Gasteiger partial charge is 0.251 e. The van der Waals surface area contributed by atoms with Crippen LogP contribution in [-0.2, 0) is 5.54 Å². The van der Waals surface area contributed by atoms with E-state index >= 15 is 0 Å². The van der Waals surface area contributed by atoms with Crippen molar-refractivity contribution in [3.63, 3.8) is 0 Å². The van der Waals surface area contributed by atoms with Gasteiger partial charge < -0.3 is 21.4 Å². The van der Waals surface area contributed by atoms with Crippen molar-refractivity contribution in [1.82, 2.24) is 20.6 Å². The topological polar surface area (TPSA) is 95.8 Å². The summed E-state index contributed by atoms with van der Waals surface area (Å²) in [5.74, 6) is 0.305. The summed E-state index contributed by atoms with van der Waals surface area (Å²) in [6.07, 6.45) is 4.87. The molecule has 0 aliphatic carbocycles. The van der Waals surface area contributed by atoms with Crippen molar-refractivity contribution in [2.75, 3.05) is 13.1 Å².